The van der Waals surface area contributed by atoms with Gasteiger partial charge in [0.2, 0.25) is 5.88 Å². The fraction of sp³-hybridized carbons (Fsp3) is 0.0556. The van der Waals surface area contributed by atoms with Crippen LogP contribution in [0.3, 0.4) is 0 Å². The molecular weight excluding hydrogens is 328 g/mol. The van der Waals surface area contributed by atoms with Crippen LogP contribution in [0.1, 0.15) is 5.56 Å². The first-order valence-electron chi connectivity index (χ1n) is 7.23. The Hall–Kier alpha value is -2.92. The SMILES string of the molecule is Cc1cc(=O)oc2cc(Oc3ncnc4ccccc34)c(Cl)cc12. The highest BCUT2D eigenvalue weighted by molar-refractivity contribution is 6.32. The summed E-state index contributed by atoms with van der Waals surface area (Å²) in [7, 11) is 0. The highest BCUT2D eigenvalue weighted by atomic mass is 35.5. The molecule has 5 nitrogen and oxygen atoms in total. The van der Waals surface area contributed by atoms with Gasteiger partial charge in [-0.1, -0.05) is 23.7 Å². The average Bonchev–Trinajstić information content (AvgIpc) is 2.57. The second-order valence-corrected chi connectivity index (χ2v) is 5.73. The van der Waals surface area contributed by atoms with E-state index in [1.165, 1.54) is 12.4 Å². The van der Waals surface area contributed by atoms with Crippen LogP contribution < -0.4 is 10.4 Å². The van der Waals surface area contributed by atoms with Gasteiger partial charge < -0.3 is 9.15 Å². The van der Waals surface area contributed by atoms with Gasteiger partial charge >= 0.3 is 5.63 Å². The number of benzene rings is 2. The zero-order valence-electron chi connectivity index (χ0n) is 12.6. The predicted octanol–water partition coefficient (Wildman–Crippen LogP) is 4.49. The molecule has 0 bridgehead atoms. The number of rotatable bonds is 2. The molecule has 0 saturated carbocycles. The van der Waals surface area contributed by atoms with Gasteiger partial charge in [0.05, 0.1) is 15.9 Å². The highest BCUT2D eigenvalue weighted by Gasteiger charge is 2.12. The van der Waals surface area contributed by atoms with Crippen molar-refractivity contribution in [3.05, 3.63) is 69.8 Å². The largest absolute Gasteiger partial charge is 0.437 e. The maximum absolute atomic E-state index is 11.6. The van der Waals surface area contributed by atoms with Gasteiger partial charge in [0.1, 0.15) is 11.9 Å². The van der Waals surface area contributed by atoms with Crippen LogP contribution in [0.4, 0.5) is 0 Å². The fourth-order valence-corrected chi connectivity index (χ4v) is 2.77. The first kappa shape index (κ1) is 14.7. The van der Waals surface area contributed by atoms with E-state index < -0.39 is 5.63 Å². The lowest BCUT2D eigenvalue weighted by molar-refractivity contribution is 0.466. The molecule has 2 aromatic heterocycles. The molecule has 0 aliphatic rings. The summed E-state index contributed by atoms with van der Waals surface area (Å²) in [5, 5.41) is 1.93. The fourth-order valence-electron chi connectivity index (χ4n) is 2.56. The van der Waals surface area contributed by atoms with E-state index in [1.807, 2.05) is 31.2 Å². The number of hydrogen-bond donors (Lipinski definition) is 0. The first-order chi connectivity index (χ1) is 11.6. The van der Waals surface area contributed by atoms with Crippen molar-refractivity contribution in [3.8, 4) is 11.6 Å². The third kappa shape index (κ3) is 2.49. The van der Waals surface area contributed by atoms with Crippen molar-refractivity contribution in [2.45, 2.75) is 6.92 Å². The molecule has 0 unspecified atom stereocenters. The Morgan fingerprint density at radius 3 is 2.79 bits per heavy atom. The molecule has 2 aromatic carbocycles. The van der Waals surface area contributed by atoms with E-state index >= 15 is 0 Å². The molecule has 2 heterocycles. The Bertz CT molecular complexity index is 1130. The summed E-state index contributed by atoms with van der Waals surface area (Å²) in [4.78, 5) is 19.9. The van der Waals surface area contributed by atoms with Crippen LogP contribution in [0.5, 0.6) is 11.6 Å². The van der Waals surface area contributed by atoms with E-state index in [9.17, 15) is 4.79 Å². The maximum atomic E-state index is 11.6. The monoisotopic (exact) mass is 338 g/mol. The zero-order valence-corrected chi connectivity index (χ0v) is 13.4. The molecule has 0 fully saturated rings. The number of aromatic nitrogens is 2. The van der Waals surface area contributed by atoms with Crippen molar-refractivity contribution < 1.29 is 9.15 Å². The van der Waals surface area contributed by atoms with Gasteiger partial charge in [-0.05, 0) is 30.7 Å². The van der Waals surface area contributed by atoms with E-state index in [1.54, 1.807) is 12.1 Å². The molecule has 0 aliphatic carbocycles. The molecule has 0 atom stereocenters. The number of hydrogen-bond acceptors (Lipinski definition) is 5. The average molecular weight is 339 g/mol. The minimum atomic E-state index is -0.416. The summed E-state index contributed by atoms with van der Waals surface area (Å²) in [5.74, 6) is 0.749. The first-order valence-corrected chi connectivity index (χ1v) is 7.61. The summed E-state index contributed by atoms with van der Waals surface area (Å²) in [6.45, 7) is 1.83. The van der Waals surface area contributed by atoms with Gasteiger partial charge in [-0.25, -0.2) is 14.8 Å². The number of ether oxygens (including phenoxy) is 1. The van der Waals surface area contributed by atoms with Crippen LogP contribution in [0.15, 0.2) is 58.0 Å². The standard InChI is InChI=1S/C18H11ClN2O3/c1-10-6-17(22)23-15-8-16(13(19)7-12(10)15)24-18-11-4-2-3-5-14(11)20-9-21-18/h2-9H,1H3. The number of aryl methyl sites for hydroxylation is 1. The molecule has 118 valence electrons. The molecule has 0 radical (unpaired) electrons. The quantitative estimate of drug-likeness (QED) is 0.504. The summed E-state index contributed by atoms with van der Waals surface area (Å²) >= 11 is 6.33. The third-order valence-electron chi connectivity index (χ3n) is 3.72. The minimum absolute atomic E-state index is 0.363. The second kappa shape index (κ2) is 5.62. The zero-order chi connectivity index (χ0) is 16.7. The summed E-state index contributed by atoms with van der Waals surface area (Å²) < 4.78 is 11.1. The predicted molar refractivity (Wildman–Crippen MR) is 91.8 cm³/mol. The van der Waals surface area contributed by atoms with E-state index in [-0.39, 0.29) is 0 Å². The van der Waals surface area contributed by atoms with Gasteiger partial charge in [0.25, 0.3) is 0 Å². The molecule has 6 heteroatoms. The highest BCUT2D eigenvalue weighted by Crippen LogP contribution is 2.35. The van der Waals surface area contributed by atoms with Crippen LogP contribution in [-0.4, -0.2) is 9.97 Å². The lowest BCUT2D eigenvalue weighted by Gasteiger charge is -2.10. The van der Waals surface area contributed by atoms with Gasteiger partial charge in [0.15, 0.2) is 5.75 Å². The molecule has 0 saturated heterocycles. The van der Waals surface area contributed by atoms with Crippen LogP contribution in [0, 0.1) is 6.92 Å². The summed E-state index contributed by atoms with van der Waals surface area (Å²) in [5.41, 5.74) is 1.56. The van der Waals surface area contributed by atoms with Gasteiger partial charge in [-0.3, -0.25) is 0 Å². The van der Waals surface area contributed by atoms with Gasteiger partial charge in [0, 0.05) is 17.5 Å². The molecule has 0 amide bonds. The van der Waals surface area contributed by atoms with Crippen LogP contribution in [-0.2, 0) is 0 Å². The topological polar surface area (TPSA) is 65.2 Å². The van der Waals surface area contributed by atoms with Gasteiger partial charge in [-0.2, -0.15) is 0 Å². The summed E-state index contributed by atoms with van der Waals surface area (Å²) in [6.07, 6.45) is 1.43. The number of halogens is 1. The molecule has 0 spiro atoms. The molecule has 24 heavy (non-hydrogen) atoms. The normalized spacial score (nSPS) is 11.1. The molecule has 0 N–H and O–H groups in total. The number of para-hydroxylation sites is 1. The third-order valence-corrected chi connectivity index (χ3v) is 4.01. The second-order valence-electron chi connectivity index (χ2n) is 5.33. The Morgan fingerprint density at radius 2 is 1.92 bits per heavy atom. The number of fused-ring (bicyclic) bond motifs is 2. The minimum Gasteiger partial charge on any atom is -0.437 e. The molecular formula is C18H11ClN2O3. The van der Waals surface area contributed by atoms with Crippen molar-refractivity contribution >= 4 is 33.5 Å². The van der Waals surface area contributed by atoms with Crippen molar-refractivity contribution in [2.24, 2.45) is 0 Å². The molecule has 0 aliphatic heterocycles. The van der Waals surface area contributed by atoms with E-state index in [4.69, 9.17) is 20.8 Å². The van der Waals surface area contributed by atoms with Crippen molar-refractivity contribution in [1.29, 1.82) is 0 Å². The van der Waals surface area contributed by atoms with E-state index in [0.29, 0.717) is 22.2 Å². The maximum Gasteiger partial charge on any atom is 0.336 e. The van der Waals surface area contributed by atoms with Crippen LogP contribution in [0.2, 0.25) is 5.02 Å². The Labute approximate surface area is 141 Å². The molecule has 4 rings (SSSR count). The Morgan fingerprint density at radius 1 is 1.08 bits per heavy atom. The van der Waals surface area contributed by atoms with Gasteiger partial charge in [-0.15, -0.1) is 0 Å². The number of nitrogens with zero attached hydrogens (tertiary/aromatic N) is 2. The van der Waals surface area contributed by atoms with E-state index in [0.717, 1.165) is 21.9 Å². The van der Waals surface area contributed by atoms with Crippen molar-refractivity contribution in [2.75, 3.05) is 0 Å². The van der Waals surface area contributed by atoms with Crippen LogP contribution >= 0.6 is 11.6 Å². The lowest BCUT2D eigenvalue weighted by atomic mass is 10.1. The lowest BCUT2D eigenvalue weighted by Crippen LogP contribution is -1.98. The smallest absolute Gasteiger partial charge is 0.336 e. The van der Waals surface area contributed by atoms with Crippen molar-refractivity contribution in [3.63, 3.8) is 0 Å². The summed E-state index contributed by atoms with van der Waals surface area (Å²) in [6, 6.07) is 12.2. The Balaban J connectivity index is 1.87. The Kier molecular flexibility index (Phi) is 3.43. The van der Waals surface area contributed by atoms with Crippen LogP contribution in [0.25, 0.3) is 21.9 Å². The molecule has 4 aromatic rings. The van der Waals surface area contributed by atoms with Crippen molar-refractivity contribution in [1.82, 2.24) is 9.97 Å². The van der Waals surface area contributed by atoms with E-state index in [2.05, 4.69) is 9.97 Å².